The fourth-order valence-electron chi connectivity index (χ4n) is 2.61. The van der Waals surface area contributed by atoms with Crippen LogP contribution in [0, 0.1) is 0 Å². The molecule has 0 radical (unpaired) electrons. The van der Waals surface area contributed by atoms with Crippen molar-refractivity contribution in [1.29, 1.82) is 0 Å². The van der Waals surface area contributed by atoms with E-state index in [1.165, 1.54) is 7.11 Å². The van der Waals surface area contributed by atoms with E-state index in [1.54, 1.807) is 0 Å². The predicted octanol–water partition coefficient (Wildman–Crippen LogP) is 1.22. The Kier molecular flexibility index (Phi) is 3.56. The molecule has 5 heteroatoms. The molecule has 0 amide bonds. The quantitative estimate of drug-likeness (QED) is 0.872. The maximum absolute atomic E-state index is 10.2. The molecular formula is C14H18O5. The summed E-state index contributed by atoms with van der Waals surface area (Å²) in [4.78, 5) is 0. The van der Waals surface area contributed by atoms with Gasteiger partial charge in [0.15, 0.2) is 12.6 Å². The second kappa shape index (κ2) is 5.19. The normalized spacial score (nSPS) is 42.1. The lowest BCUT2D eigenvalue weighted by atomic mass is 10.0. The number of rotatable bonds is 2. The molecule has 19 heavy (non-hydrogen) atoms. The van der Waals surface area contributed by atoms with Gasteiger partial charge in [0.05, 0.1) is 6.10 Å². The van der Waals surface area contributed by atoms with Crippen molar-refractivity contribution < 1.29 is 24.1 Å². The van der Waals surface area contributed by atoms with Crippen LogP contribution in [0.25, 0.3) is 0 Å². The third kappa shape index (κ3) is 2.28. The number of fused-ring (bicyclic) bond motifs is 1. The summed E-state index contributed by atoms with van der Waals surface area (Å²) < 4.78 is 22.4. The molecule has 2 aliphatic heterocycles. The van der Waals surface area contributed by atoms with Crippen LogP contribution in [0.2, 0.25) is 0 Å². The van der Waals surface area contributed by atoms with Gasteiger partial charge in [-0.3, -0.25) is 0 Å². The Morgan fingerprint density at radius 3 is 2.42 bits per heavy atom. The zero-order valence-electron chi connectivity index (χ0n) is 10.9. The van der Waals surface area contributed by atoms with Crippen LogP contribution in [0.4, 0.5) is 0 Å². The van der Waals surface area contributed by atoms with Gasteiger partial charge in [-0.2, -0.15) is 0 Å². The molecule has 1 N–H and O–H groups in total. The van der Waals surface area contributed by atoms with Crippen molar-refractivity contribution in [3.63, 3.8) is 0 Å². The van der Waals surface area contributed by atoms with Crippen LogP contribution in [0.15, 0.2) is 30.3 Å². The SMILES string of the molecule is CO[C@@H]1OC(C)[C@H]2OC(c3ccccc3)OC2C1O. The van der Waals surface area contributed by atoms with E-state index >= 15 is 0 Å². The fourth-order valence-corrected chi connectivity index (χ4v) is 2.61. The van der Waals surface area contributed by atoms with Crippen LogP contribution in [0.3, 0.4) is 0 Å². The van der Waals surface area contributed by atoms with Gasteiger partial charge >= 0.3 is 0 Å². The highest BCUT2D eigenvalue weighted by atomic mass is 16.8. The van der Waals surface area contributed by atoms with E-state index in [9.17, 15) is 5.11 Å². The second-order valence-corrected chi connectivity index (χ2v) is 4.88. The first-order chi connectivity index (χ1) is 9.20. The Hall–Kier alpha value is -0.980. The molecule has 0 aromatic heterocycles. The first-order valence-corrected chi connectivity index (χ1v) is 6.43. The number of ether oxygens (including phenoxy) is 4. The van der Waals surface area contributed by atoms with Gasteiger partial charge in [-0.05, 0) is 6.92 Å². The van der Waals surface area contributed by atoms with Crippen molar-refractivity contribution in [2.75, 3.05) is 7.11 Å². The molecule has 0 saturated carbocycles. The number of aliphatic hydroxyl groups excluding tert-OH is 1. The number of methoxy groups -OCH3 is 1. The summed E-state index contributed by atoms with van der Waals surface area (Å²) in [6.07, 6.45) is -2.89. The molecule has 2 fully saturated rings. The monoisotopic (exact) mass is 266 g/mol. The van der Waals surface area contributed by atoms with E-state index < -0.39 is 24.8 Å². The Morgan fingerprint density at radius 1 is 1.05 bits per heavy atom. The van der Waals surface area contributed by atoms with Crippen molar-refractivity contribution in [1.82, 2.24) is 0 Å². The molecule has 2 saturated heterocycles. The number of hydrogen-bond acceptors (Lipinski definition) is 5. The maximum atomic E-state index is 10.2. The summed E-state index contributed by atoms with van der Waals surface area (Å²) in [6, 6.07) is 9.67. The summed E-state index contributed by atoms with van der Waals surface area (Å²) in [6.45, 7) is 1.90. The van der Waals surface area contributed by atoms with Gasteiger partial charge in [0.25, 0.3) is 0 Å². The van der Waals surface area contributed by atoms with E-state index in [0.29, 0.717) is 0 Å². The highest BCUT2D eigenvalue weighted by Gasteiger charge is 2.51. The second-order valence-electron chi connectivity index (χ2n) is 4.88. The van der Waals surface area contributed by atoms with Crippen molar-refractivity contribution in [3.05, 3.63) is 35.9 Å². The van der Waals surface area contributed by atoms with E-state index in [2.05, 4.69) is 0 Å². The summed E-state index contributed by atoms with van der Waals surface area (Å²) in [5, 5.41) is 10.2. The Morgan fingerprint density at radius 2 is 1.74 bits per heavy atom. The standard InChI is InChI=1S/C14H18O5/c1-8-11-12(10(15)14(16-2)17-8)19-13(18-11)9-6-4-3-5-7-9/h3-8,10-15H,1-2H3/t8?,10?,11-,12?,13?,14-/m1/s1. The van der Waals surface area contributed by atoms with E-state index in [1.807, 2.05) is 37.3 Å². The lowest BCUT2D eigenvalue weighted by molar-refractivity contribution is -0.265. The van der Waals surface area contributed by atoms with E-state index in [4.69, 9.17) is 18.9 Å². The number of aliphatic hydroxyl groups is 1. The topological polar surface area (TPSA) is 57.2 Å². The molecular weight excluding hydrogens is 248 g/mol. The minimum atomic E-state index is -0.847. The Labute approximate surface area is 112 Å². The highest BCUT2D eigenvalue weighted by molar-refractivity contribution is 5.17. The number of hydrogen-bond donors (Lipinski definition) is 1. The van der Waals surface area contributed by atoms with E-state index in [0.717, 1.165) is 5.56 Å². The Balaban J connectivity index is 1.79. The third-order valence-corrected chi connectivity index (χ3v) is 3.62. The van der Waals surface area contributed by atoms with Crippen LogP contribution in [-0.4, -0.2) is 42.9 Å². The fraction of sp³-hybridized carbons (Fsp3) is 0.571. The van der Waals surface area contributed by atoms with E-state index in [-0.39, 0.29) is 12.2 Å². The molecule has 6 atom stereocenters. The van der Waals surface area contributed by atoms with Gasteiger partial charge in [0, 0.05) is 12.7 Å². The lowest BCUT2D eigenvalue weighted by Crippen LogP contribution is -2.55. The minimum Gasteiger partial charge on any atom is -0.385 e. The van der Waals surface area contributed by atoms with Gasteiger partial charge in [-0.1, -0.05) is 30.3 Å². The molecule has 104 valence electrons. The molecule has 3 rings (SSSR count). The molecule has 4 unspecified atom stereocenters. The van der Waals surface area contributed by atoms with Gasteiger partial charge in [0.2, 0.25) is 0 Å². The first-order valence-electron chi connectivity index (χ1n) is 6.43. The zero-order valence-corrected chi connectivity index (χ0v) is 10.9. The number of benzene rings is 1. The molecule has 1 aromatic carbocycles. The average Bonchev–Trinajstić information content (AvgIpc) is 2.90. The first kappa shape index (κ1) is 13.0. The summed E-state index contributed by atoms with van der Waals surface area (Å²) in [5.74, 6) is 0. The molecule has 0 aliphatic carbocycles. The van der Waals surface area contributed by atoms with Crippen LogP contribution in [0.5, 0.6) is 0 Å². The average molecular weight is 266 g/mol. The van der Waals surface area contributed by atoms with Crippen molar-refractivity contribution in [3.8, 4) is 0 Å². The third-order valence-electron chi connectivity index (χ3n) is 3.62. The molecule has 1 aromatic rings. The van der Waals surface area contributed by atoms with Crippen LogP contribution in [-0.2, 0) is 18.9 Å². The van der Waals surface area contributed by atoms with Gasteiger partial charge < -0.3 is 24.1 Å². The lowest BCUT2D eigenvalue weighted by Gasteiger charge is -2.37. The van der Waals surface area contributed by atoms with Crippen LogP contribution < -0.4 is 0 Å². The van der Waals surface area contributed by atoms with Crippen LogP contribution >= 0.6 is 0 Å². The van der Waals surface area contributed by atoms with Crippen molar-refractivity contribution >= 4 is 0 Å². The van der Waals surface area contributed by atoms with Crippen LogP contribution in [0.1, 0.15) is 18.8 Å². The van der Waals surface area contributed by atoms with Gasteiger partial charge in [-0.15, -0.1) is 0 Å². The predicted molar refractivity (Wildman–Crippen MR) is 66.3 cm³/mol. The van der Waals surface area contributed by atoms with Crippen molar-refractivity contribution in [2.45, 2.75) is 43.9 Å². The molecule has 5 nitrogen and oxygen atoms in total. The summed E-state index contributed by atoms with van der Waals surface area (Å²) in [5.41, 5.74) is 0.935. The molecule has 2 heterocycles. The summed E-state index contributed by atoms with van der Waals surface area (Å²) in [7, 11) is 1.51. The largest absolute Gasteiger partial charge is 0.385 e. The Bertz CT molecular complexity index is 423. The summed E-state index contributed by atoms with van der Waals surface area (Å²) >= 11 is 0. The van der Waals surface area contributed by atoms with Crippen molar-refractivity contribution in [2.24, 2.45) is 0 Å². The maximum Gasteiger partial charge on any atom is 0.186 e. The highest BCUT2D eigenvalue weighted by Crippen LogP contribution is 2.38. The van der Waals surface area contributed by atoms with Gasteiger partial charge in [-0.25, -0.2) is 0 Å². The molecule has 0 bridgehead atoms. The minimum absolute atomic E-state index is 0.188. The molecule has 0 spiro atoms. The molecule has 2 aliphatic rings. The zero-order chi connectivity index (χ0) is 13.4. The smallest absolute Gasteiger partial charge is 0.186 e. The van der Waals surface area contributed by atoms with Gasteiger partial charge in [0.1, 0.15) is 18.3 Å².